The molecule has 2 rings (SSSR count). The minimum atomic E-state index is -0.852. The van der Waals surface area contributed by atoms with Crippen molar-refractivity contribution >= 4 is 11.6 Å². The molecule has 1 saturated heterocycles. The van der Waals surface area contributed by atoms with Crippen LogP contribution >= 0.6 is 11.6 Å². The van der Waals surface area contributed by atoms with E-state index in [2.05, 4.69) is 0 Å². The summed E-state index contributed by atoms with van der Waals surface area (Å²) in [5.41, 5.74) is -0.0335. The summed E-state index contributed by atoms with van der Waals surface area (Å²) in [7, 11) is 0. The molecule has 2 unspecified atom stereocenters. The average molecular weight is 241 g/mol. The first-order valence-electron chi connectivity index (χ1n) is 5.64. The van der Waals surface area contributed by atoms with Crippen molar-refractivity contribution in [3.63, 3.8) is 0 Å². The average Bonchev–Trinajstić information content (AvgIpc) is 2.15. The van der Waals surface area contributed by atoms with Crippen LogP contribution in [0.1, 0.15) is 32.3 Å². The first-order chi connectivity index (χ1) is 7.51. The lowest BCUT2D eigenvalue weighted by Crippen LogP contribution is -2.41. The van der Waals surface area contributed by atoms with Crippen molar-refractivity contribution in [1.82, 2.24) is 0 Å². The molecule has 1 heterocycles. The van der Waals surface area contributed by atoms with Crippen molar-refractivity contribution in [2.75, 3.05) is 0 Å². The molecule has 1 N–H and O–H groups in total. The molecule has 0 spiro atoms. The zero-order chi connectivity index (χ0) is 11.8. The van der Waals surface area contributed by atoms with Gasteiger partial charge in [0.1, 0.15) is 0 Å². The predicted octanol–water partition coefficient (Wildman–Crippen LogP) is 3.12. The van der Waals surface area contributed by atoms with Gasteiger partial charge in [-0.1, -0.05) is 29.8 Å². The Balaban J connectivity index is 2.34. The van der Waals surface area contributed by atoms with Gasteiger partial charge in [0.2, 0.25) is 0 Å². The van der Waals surface area contributed by atoms with E-state index in [4.69, 9.17) is 16.3 Å². The molecule has 1 aromatic carbocycles. The molecular weight excluding hydrogens is 224 g/mol. The summed E-state index contributed by atoms with van der Waals surface area (Å²) in [6, 6.07) is 7.50. The second-order valence-corrected chi connectivity index (χ2v) is 5.08. The van der Waals surface area contributed by atoms with Crippen LogP contribution in [0.2, 0.25) is 5.02 Å². The second kappa shape index (κ2) is 4.36. The standard InChI is InChI=1S/C13H17ClO2/c1-9-7-13(15,8-10(2)16-9)11-5-3-4-6-12(11)14/h3-6,9-10,15H,7-8H2,1-2H3. The van der Waals surface area contributed by atoms with Crippen LogP contribution in [0, 0.1) is 0 Å². The summed E-state index contributed by atoms with van der Waals surface area (Å²) in [6.45, 7) is 3.97. The molecule has 3 heteroatoms. The molecule has 0 saturated carbocycles. The van der Waals surface area contributed by atoms with E-state index >= 15 is 0 Å². The van der Waals surface area contributed by atoms with Crippen molar-refractivity contribution in [3.8, 4) is 0 Å². The second-order valence-electron chi connectivity index (χ2n) is 4.68. The first-order valence-corrected chi connectivity index (χ1v) is 6.02. The molecule has 0 aromatic heterocycles. The number of hydrogen-bond acceptors (Lipinski definition) is 2. The van der Waals surface area contributed by atoms with Crippen molar-refractivity contribution < 1.29 is 9.84 Å². The van der Waals surface area contributed by atoms with Crippen LogP contribution in [0.15, 0.2) is 24.3 Å². The fourth-order valence-electron chi connectivity index (χ4n) is 2.59. The lowest BCUT2D eigenvalue weighted by molar-refractivity contribution is -0.135. The van der Waals surface area contributed by atoms with Gasteiger partial charge in [0.15, 0.2) is 0 Å². The summed E-state index contributed by atoms with van der Waals surface area (Å²) in [4.78, 5) is 0. The van der Waals surface area contributed by atoms with Crippen LogP contribution in [0.4, 0.5) is 0 Å². The van der Waals surface area contributed by atoms with Gasteiger partial charge in [-0.05, 0) is 19.9 Å². The van der Waals surface area contributed by atoms with E-state index in [0.717, 1.165) is 5.56 Å². The van der Waals surface area contributed by atoms with Crippen LogP contribution in [-0.2, 0) is 10.3 Å². The zero-order valence-electron chi connectivity index (χ0n) is 9.61. The Labute approximate surface area is 101 Å². The van der Waals surface area contributed by atoms with E-state index in [1.165, 1.54) is 0 Å². The molecule has 2 nitrogen and oxygen atoms in total. The molecule has 1 fully saturated rings. The van der Waals surface area contributed by atoms with Gasteiger partial charge in [-0.2, -0.15) is 0 Å². The molecule has 1 aromatic rings. The molecule has 88 valence electrons. The van der Waals surface area contributed by atoms with E-state index in [9.17, 15) is 5.11 Å². The number of benzene rings is 1. The third-order valence-electron chi connectivity index (χ3n) is 3.09. The number of halogens is 1. The largest absolute Gasteiger partial charge is 0.385 e. The molecule has 0 amide bonds. The van der Waals surface area contributed by atoms with Crippen molar-refractivity contribution in [1.29, 1.82) is 0 Å². The topological polar surface area (TPSA) is 29.5 Å². The van der Waals surface area contributed by atoms with E-state index in [0.29, 0.717) is 17.9 Å². The van der Waals surface area contributed by atoms with Gasteiger partial charge >= 0.3 is 0 Å². The molecular formula is C13H17ClO2. The highest BCUT2D eigenvalue weighted by Crippen LogP contribution is 2.40. The molecule has 1 aliphatic rings. The van der Waals surface area contributed by atoms with E-state index in [1.54, 1.807) is 0 Å². The summed E-state index contributed by atoms with van der Waals surface area (Å²) in [5, 5.41) is 11.3. The van der Waals surface area contributed by atoms with E-state index in [1.807, 2.05) is 38.1 Å². The van der Waals surface area contributed by atoms with Crippen LogP contribution in [0.25, 0.3) is 0 Å². The lowest BCUT2D eigenvalue weighted by atomic mass is 9.82. The van der Waals surface area contributed by atoms with Gasteiger partial charge in [-0.15, -0.1) is 0 Å². The Morgan fingerprint density at radius 1 is 1.25 bits per heavy atom. The van der Waals surface area contributed by atoms with Gasteiger partial charge < -0.3 is 9.84 Å². The highest BCUT2D eigenvalue weighted by Gasteiger charge is 2.39. The molecule has 1 aliphatic heterocycles. The minimum absolute atomic E-state index is 0.0602. The third-order valence-corrected chi connectivity index (χ3v) is 3.42. The molecule has 2 atom stereocenters. The van der Waals surface area contributed by atoms with Crippen molar-refractivity contribution in [3.05, 3.63) is 34.9 Å². The smallest absolute Gasteiger partial charge is 0.0960 e. The normalized spacial score (nSPS) is 35.0. The monoisotopic (exact) mass is 240 g/mol. The molecule has 0 radical (unpaired) electrons. The lowest BCUT2D eigenvalue weighted by Gasteiger charge is -2.39. The first kappa shape index (κ1) is 11.9. The highest BCUT2D eigenvalue weighted by molar-refractivity contribution is 6.31. The molecule has 0 aliphatic carbocycles. The van der Waals surface area contributed by atoms with Gasteiger partial charge in [-0.25, -0.2) is 0 Å². The highest BCUT2D eigenvalue weighted by atomic mass is 35.5. The zero-order valence-corrected chi connectivity index (χ0v) is 10.4. The van der Waals surface area contributed by atoms with E-state index < -0.39 is 5.60 Å². The summed E-state index contributed by atoms with van der Waals surface area (Å²) < 4.78 is 5.64. The quantitative estimate of drug-likeness (QED) is 0.817. The maximum atomic E-state index is 10.7. The number of ether oxygens (including phenoxy) is 1. The van der Waals surface area contributed by atoms with Crippen molar-refractivity contribution in [2.24, 2.45) is 0 Å². The fraction of sp³-hybridized carbons (Fsp3) is 0.538. The van der Waals surface area contributed by atoms with Crippen molar-refractivity contribution in [2.45, 2.75) is 44.5 Å². The predicted molar refractivity (Wildman–Crippen MR) is 64.6 cm³/mol. The Morgan fingerprint density at radius 2 is 1.81 bits per heavy atom. The van der Waals surface area contributed by atoms with E-state index in [-0.39, 0.29) is 12.2 Å². The van der Waals surface area contributed by atoms with Gasteiger partial charge in [0.25, 0.3) is 0 Å². The Bertz CT molecular complexity index is 368. The SMILES string of the molecule is CC1CC(O)(c2ccccc2Cl)CC(C)O1. The van der Waals surface area contributed by atoms with Crippen LogP contribution in [0.3, 0.4) is 0 Å². The maximum absolute atomic E-state index is 10.7. The number of rotatable bonds is 1. The van der Waals surface area contributed by atoms with Crippen LogP contribution in [0.5, 0.6) is 0 Å². The minimum Gasteiger partial charge on any atom is -0.385 e. The molecule has 0 bridgehead atoms. The Morgan fingerprint density at radius 3 is 2.38 bits per heavy atom. The molecule has 16 heavy (non-hydrogen) atoms. The van der Waals surface area contributed by atoms with Gasteiger partial charge in [0, 0.05) is 23.4 Å². The van der Waals surface area contributed by atoms with Gasteiger partial charge in [0.05, 0.1) is 17.8 Å². The third kappa shape index (κ3) is 2.24. The summed E-state index contributed by atoms with van der Waals surface area (Å²) in [5.74, 6) is 0. The Kier molecular flexibility index (Phi) is 3.24. The number of hydrogen-bond donors (Lipinski definition) is 1. The fourth-order valence-corrected chi connectivity index (χ4v) is 2.90. The van der Waals surface area contributed by atoms with Crippen LogP contribution in [-0.4, -0.2) is 17.3 Å². The van der Waals surface area contributed by atoms with Crippen LogP contribution < -0.4 is 0 Å². The number of aliphatic hydroxyl groups is 1. The summed E-state index contributed by atoms with van der Waals surface area (Å²) in [6.07, 6.45) is 1.32. The Hall–Kier alpha value is -0.570. The summed E-state index contributed by atoms with van der Waals surface area (Å²) >= 11 is 6.14. The maximum Gasteiger partial charge on any atom is 0.0960 e. The van der Waals surface area contributed by atoms with Gasteiger partial charge in [-0.3, -0.25) is 0 Å².